The van der Waals surface area contributed by atoms with Crippen LogP contribution in [0.2, 0.25) is 0 Å². The van der Waals surface area contributed by atoms with Gasteiger partial charge in [0.25, 0.3) is 5.91 Å². The maximum Gasteiger partial charge on any atom is 0.260 e. The first-order valence-electron chi connectivity index (χ1n) is 9.73. The lowest BCUT2D eigenvalue weighted by Crippen LogP contribution is -2.36. The van der Waals surface area contributed by atoms with Crippen LogP contribution in [0.15, 0.2) is 30.3 Å². The van der Waals surface area contributed by atoms with Gasteiger partial charge in [-0.1, -0.05) is 82.9 Å². The molecule has 0 aromatic heterocycles. The predicted octanol–water partition coefficient (Wildman–Crippen LogP) is 5.49. The molecule has 1 aromatic carbocycles. The number of carbonyl (C=O) groups excluding carboxylic acids is 1. The molecule has 0 aliphatic carbocycles. The van der Waals surface area contributed by atoms with Crippen molar-refractivity contribution >= 4 is 5.91 Å². The van der Waals surface area contributed by atoms with Crippen molar-refractivity contribution in [3.8, 4) is 5.75 Å². The van der Waals surface area contributed by atoms with Gasteiger partial charge in [-0.2, -0.15) is 0 Å². The zero-order valence-corrected chi connectivity index (χ0v) is 15.6. The molecule has 0 fully saturated rings. The van der Waals surface area contributed by atoms with Crippen molar-refractivity contribution in [2.45, 2.75) is 84.2 Å². The molecule has 1 atom stereocenters. The summed E-state index contributed by atoms with van der Waals surface area (Å²) in [6.07, 6.45) is 12.6. The maximum atomic E-state index is 12.0. The molecule has 0 heterocycles. The summed E-state index contributed by atoms with van der Waals surface area (Å²) in [6, 6.07) is 9.48. The van der Waals surface area contributed by atoms with Gasteiger partial charge in [0.05, 0.1) is 0 Å². The van der Waals surface area contributed by atoms with Crippen LogP contribution in [0, 0.1) is 0 Å². The fourth-order valence-corrected chi connectivity index (χ4v) is 2.72. The number of hydrogen-bond acceptors (Lipinski definition) is 2. The number of rotatable bonds is 14. The molecular formula is C21H35NO2. The summed E-state index contributed by atoms with van der Waals surface area (Å²) in [7, 11) is 0. The highest BCUT2D eigenvalue weighted by Crippen LogP contribution is 2.11. The Labute approximate surface area is 148 Å². The third kappa shape index (κ3) is 10.3. The minimum absolute atomic E-state index is 0.0326. The van der Waals surface area contributed by atoms with Crippen LogP contribution in [0.3, 0.4) is 0 Å². The molecule has 0 saturated carbocycles. The molecule has 1 amide bonds. The first kappa shape index (κ1) is 20.5. The van der Waals surface area contributed by atoms with Gasteiger partial charge in [-0.15, -0.1) is 0 Å². The second kappa shape index (κ2) is 13.9. The van der Waals surface area contributed by atoms with Crippen LogP contribution < -0.4 is 10.1 Å². The van der Waals surface area contributed by atoms with E-state index in [1.807, 2.05) is 30.3 Å². The summed E-state index contributed by atoms with van der Waals surface area (Å²) in [6.45, 7) is 4.80. The number of hydrogen-bond donors (Lipinski definition) is 1. The molecule has 0 bridgehead atoms. The van der Waals surface area contributed by atoms with Gasteiger partial charge >= 0.3 is 0 Å². The molecular weight excluding hydrogens is 298 g/mol. The smallest absolute Gasteiger partial charge is 0.260 e. The largest absolute Gasteiger partial charge is 0.481 e. The Bertz CT molecular complexity index is 419. The Morgan fingerprint density at radius 2 is 1.46 bits per heavy atom. The van der Waals surface area contributed by atoms with E-state index in [4.69, 9.17) is 4.74 Å². The molecule has 1 unspecified atom stereocenters. The Kier molecular flexibility index (Phi) is 11.9. The van der Waals surface area contributed by atoms with Gasteiger partial charge in [-0.3, -0.25) is 4.79 Å². The van der Waals surface area contributed by atoms with E-state index >= 15 is 0 Å². The lowest BCUT2D eigenvalue weighted by molar-refractivity contribution is -0.127. The van der Waals surface area contributed by atoms with Gasteiger partial charge in [0.2, 0.25) is 0 Å². The van der Waals surface area contributed by atoms with Crippen LogP contribution in [-0.4, -0.2) is 18.6 Å². The van der Waals surface area contributed by atoms with Gasteiger partial charge in [-0.05, 0) is 25.5 Å². The van der Waals surface area contributed by atoms with Crippen LogP contribution in [0.25, 0.3) is 0 Å². The Morgan fingerprint density at radius 3 is 2.04 bits per heavy atom. The molecule has 24 heavy (non-hydrogen) atoms. The molecule has 0 spiro atoms. The van der Waals surface area contributed by atoms with E-state index in [0.29, 0.717) is 0 Å². The topological polar surface area (TPSA) is 38.3 Å². The standard InChI is InChI=1S/C21H35NO2/c1-3-4-5-6-7-8-9-10-11-15-18-22-21(23)19(2)24-20-16-13-12-14-17-20/h12-14,16-17,19H,3-11,15,18H2,1-2H3,(H,22,23). The average Bonchev–Trinajstić information content (AvgIpc) is 2.60. The minimum Gasteiger partial charge on any atom is -0.481 e. The van der Waals surface area contributed by atoms with Crippen molar-refractivity contribution in [2.75, 3.05) is 6.54 Å². The summed E-state index contributed by atoms with van der Waals surface area (Å²) < 4.78 is 5.61. The SMILES string of the molecule is CCCCCCCCCCCCNC(=O)C(C)Oc1ccccc1. The third-order valence-electron chi connectivity index (χ3n) is 4.25. The number of para-hydroxylation sites is 1. The van der Waals surface area contributed by atoms with Crippen molar-refractivity contribution in [1.82, 2.24) is 5.32 Å². The van der Waals surface area contributed by atoms with Gasteiger partial charge < -0.3 is 10.1 Å². The van der Waals surface area contributed by atoms with E-state index in [1.54, 1.807) is 6.92 Å². The molecule has 0 aliphatic rings. The van der Waals surface area contributed by atoms with Crippen LogP contribution in [0.4, 0.5) is 0 Å². The zero-order valence-electron chi connectivity index (χ0n) is 15.6. The minimum atomic E-state index is -0.449. The van der Waals surface area contributed by atoms with Gasteiger partial charge in [-0.25, -0.2) is 0 Å². The molecule has 0 aliphatic heterocycles. The summed E-state index contributed by atoms with van der Waals surface area (Å²) >= 11 is 0. The van der Waals surface area contributed by atoms with E-state index in [9.17, 15) is 4.79 Å². The maximum absolute atomic E-state index is 12.0. The highest BCUT2D eigenvalue weighted by Gasteiger charge is 2.13. The van der Waals surface area contributed by atoms with E-state index in [2.05, 4.69) is 12.2 Å². The summed E-state index contributed by atoms with van der Waals surface area (Å²) in [4.78, 5) is 12.0. The molecule has 1 N–H and O–H groups in total. The second-order valence-corrected chi connectivity index (χ2v) is 6.55. The lowest BCUT2D eigenvalue weighted by Gasteiger charge is -2.14. The van der Waals surface area contributed by atoms with Crippen molar-refractivity contribution in [3.05, 3.63) is 30.3 Å². The first-order valence-corrected chi connectivity index (χ1v) is 9.73. The van der Waals surface area contributed by atoms with E-state index in [-0.39, 0.29) is 5.91 Å². The van der Waals surface area contributed by atoms with Crippen LogP contribution in [0.1, 0.15) is 78.1 Å². The molecule has 136 valence electrons. The number of nitrogens with one attached hydrogen (secondary N) is 1. The van der Waals surface area contributed by atoms with Gasteiger partial charge in [0.1, 0.15) is 5.75 Å². The lowest BCUT2D eigenvalue weighted by atomic mass is 10.1. The zero-order chi connectivity index (χ0) is 17.5. The highest BCUT2D eigenvalue weighted by molar-refractivity contribution is 5.80. The van der Waals surface area contributed by atoms with Crippen molar-refractivity contribution < 1.29 is 9.53 Å². The third-order valence-corrected chi connectivity index (χ3v) is 4.25. The van der Waals surface area contributed by atoms with Crippen LogP contribution in [0.5, 0.6) is 5.75 Å². The van der Waals surface area contributed by atoms with E-state index < -0.39 is 6.10 Å². The number of amides is 1. The molecule has 1 aromatic rings. The molecule has 1 rings (SSSR count). The second-order valence-electron chi connectivity index (χ2n) is 6.55. The van der Waals surface area contributed by atoms with Crippen molar-refractivity contribution in [3.63, 3.8) is 0 Å². The van der Waals surface area contributed by atoms with Crippen molar-refractivity contribution in [2.24, 2.45) is 0 Å². The van der Waals surface area contributed by atoms with Crippen molar-refractivity contribution in [1.29, 1.82) is 0 Å². The van der Waals surface area contributed by atoms with Crippen LogP contribution >= 0.6 is 0 Å². The monoisotopic (exact) mass is 333 g/mol. The van der Waals surface area contributed by atoms with Gasteiger partial charge in [0, 0.05) is 6.54 Å². The summed E-state index contributed by atoms with van der Waals surface area (Å²) in [5.74, 6) is 0.703. The fraction of sp³-hybridized carbons (Fsp3) is 0.667. The Balaban J connectivity index is 1.94. The summed E-state index contributed by atoms with van der Waals surface area (Å²) in [5.41, 5.74) is 0. The summed E-state index contributed by atoms with van der Waals surface area (Å²) in [5, 5.41) is 2.96. The molecule has 3 nitrogen and oxygen atoms in total. The normalized spacial score (nSPS) is 11.9. The Morgan fingerprint density at radius 1 is 0.917 bits per heavy atom. The Hall–Kier alpha value is -1.51. The molecule has 0 radical (unpaired) electrons. The first-order chi connectivity index (χ1) is 11.7. The van der Waals surface area contributed by atoms with Crippen LogP contribution in [-0.2, 0) is 4.79 Å². The quantitative estimate of drug-likeness (QED) is 0.457. The molecule has 3 heteroatoms. The van der Waals surface area contributed by atoms with E-state index in [0.717, 1.165) is 18.7 Å². The van der Waals surface area contributed by atoms with E-state index in [1.165, 1.54) is 57.8 Å². The predicted molar refractivity (Wildman–Crippen MR) is 101 cm³/mol. The number of unbranched alkanes of at least 4 members (excludes halogenated alkanes) is 9. The number of ether oxygens (including phenoxy) is 1. The highest BCUT2D eigenvalue weighted by atomic mass is 16.5. The number of benzene rings is 1. The van der Waals surface area contributed by atoms with Gasteiger partial charge in [0.15, 0.2) is 6.10 Å². The number of carbonyl (C=O) groups is 1. The fourth-order valence-electron chi connectivity index (χ4n) is 2.72. The molecule has 0 saturated heterocycles. The average molecular weight is 334 g/mol.